The fourth-order valence-electron chi connectivity index (χ4n) is 3.00. The van der Waals surface area contributed by atoms with Gasteiger partial charge in [-0.1, -0.05) is 0 Å². The van der Waals surface area contributed by atoms with Crippen molar-refractivity contribution in [3.63, 3.8) is 0 Å². The van der Waals surface area contributed by atoms with E-state index >= 15 is 0 Å². The lowest BCUT2D eigenvalue weighted by Crippen LogP contribution is -2.58. The molecule has 1 aliphatic carbocycles. The number of halogens is 3. The first kappa shape index (κ1) is 16.7. The Morgan fingerprint density at radius 2 is 1.92 bits per heavy atom. The van der Waals surface area contributed by atoms with Crippen LogP contribution in [-0.2, 0) is 15.8 Å². The Balaban J connectivity index is 1.54. The number of hydrogen-bond donors (Lipinski definition) is 0. The van der Waals surface area contributed by atoms with Crippen LogP contribution in [0.4, 0.5) is 13.2 Å². The molecule has 2 fully saturated rings. The van der Waals surface area contributed by atoms with Crippen LogP contribution in [0.3, 0.4) is 0 Å². The van der Waals surface area contributed by atoms with Crippen molar-refractivity contribution in [1.82, 2.24) is 9.88 Å². The minimum Gasteiger partial charge on any atom is -0.470 e. The van der Waals surface area contributed by atoms with Gasteiger partial charge in [0.25, 0.3) is 0 Å². The number of Topliss-reactive ketones (excluding diaryl/α,β-unsaturated/α-hetero) is 1. The molecule has 24 heavy (non-hydrogen) atoms. The summed E-state index contributed by atoms with van der Waals surface area (Å²) in [7, 11) is 0. The first-order valence-corrected chi connectivity index (χ1v) is 7.84. The van der Waals surface area contributed by atoms with Gasteiger partial charge in [-0.2, -0.15) is 13.2 Å². The molecule has 2 heterocycles. The minimum absolute atomic E-state index is 0.0422. The third-order valence-corrected chi connectivity index (χ3v) is 4.41. The average molecular weight is 342 g/mol. The Bertz CT molecular complexity index is 632. The molecule has 0 spiro atoms. The van der Waals surface area contributed by atoms with Gasteiger partial charge in [-0.05, 0) is 25.0 Å². The molecular weight excluding hydrogens is 325 g/mol. The number of nitrogens with zero attached hydrogens (tertiary/aromatic N) is 2. The molecule has 2 aliphatic rings. The van der Waals surface area contributed by atoms with E-state index in [1.807, 2.05) is 0 Å². The third kappa shape index (κ3) is 3.52. The van der Waals surface area contributed by atoms with Gasteiger partial charge in [0.2, 0.25) is 11.8 Å². The molecule has 1 aromatic heterocycles. The van der Waals surface area contributed by atoms with Gasteiger partial charge in [-0.25, -0.2) is 4.98 Å². The van der Waals surface area contributed by atoms with Crippen LogP contribution in [0.5, 0.6) is 5.88 Å². The Morgan fingerprint density at radius 1 is 1.25 bits per heavy atom. The van der Waals surface area contributed by atoms with Crippen molar-refractivity contribution in [1.29, 1.82) is 0 Å². The summed E-state index contributed by atoms with van der Waals surface area (Å²) < 4.78 is 44.0. The lowest BCUT2D eigenvalue weighted by Gasteiger charge is -2.41. The smallest absolute Gasteiger partial charge is 0.421 e. The molecule has 1 aromatic rings. The molecule has 0 bridgehead atoms. The zero-order valence-electron chi connectivity index (χ0n) is 12.9. The van der Waals surface area contributed by atoms with Gasteiger partial charge in [0.15, 0.2) is 0 Å². The normalized spacial score (nSPS) is 20.0. The number of carbonyl (C=O) groups is 2. The molecule has 0 atom stereocenters. The van der Waals surface area contributed by atoms with E-state index in [9.17, 15) is 22.8 Å². The van der Waals surface area contributed by atoms with Crippen molar-refractivity contribution in [3.8, 4) is 5.88 Å². The van der Waals surface area contributed by atoms with Gasteiger partial charge >= 0.3 is 6.18 Å². The summed E-state index contributed by atoms with van der Waals surface area (Å²) in [5.74, 6) is -0.479. The van der Waals surface area contributed by atoms with Crippen LogP contribution in [0.1, 0.15) is 31.2 Å². The SMILES string of the molecule is O=C1CCC(C(=O)N2CC(Oc3ncccc3C(F)(F)F)C2)CC1. The second-order valence-corrected chi connectivity index (χ2v) is 6.15. The van der Waals surface area contributed by atoms with Gasteiger partial charge in [0, 0.05) is 25.0 Å². The molecular formula is C16H17F3N2O3. The van der Waals surface area contributed by atoms with Crippen LogP contribution in [0, 0.1) is 5.92 Å². The second kappa shape index (κ2) is 6.41. The van der Waals surface area contributed by atoms with Crippen LogP contribution in [0.15, 0.2) is 18.3 Å². The first-order valence-electron chi connectivity index (χ1n) is 7.84. The predicted octanol–water partition coefficient (Wildman–Crippen LogP) is 2.45. The topological polar surface area (TPSA) is 59.5 Å². The van der Waals surface area contributed by atoms with Crippen LogP contribution >= 0.6 is 0 Å². The summed E-state index contributed by atoms with van der Waals surface area (Å²) in [6, 6.07) is 2.12. The summed E-state index contributed by atoms with van der Waals surface area (Å²) in [4.78, 5) is 28.7. The van der Waals surface area contributed by atoms with Gasteiger partial charge in [-0.3, -0.25) is 9.59 Å². The van der Waals surface area contributed by atoms with Gasteiger partial charge in [-0.15, -0.1) is 0 Å². The fourth-order valence-corrected chi connectivity index (χ4v) is 3.00. The molecule has 1 saturated carbocycles. The molecule has 3 rings (SSSR count). The number of alkyl halides is 3. The van der Waals surface area contributed by atoms with Gasteiger partial charge in [0.05, 0.1) is 13.1 Å². The van der Waals surface area contributed by atoms with E-state index in [1.54, 1.807) is 4.90 Å². The number of ether oxygens (including phenoxy) is 1. The molecule has 0 radical (unpaired) electrons. The number of hydrogen-bond acceptors (Lipinski definition) is 4. The largest absolute Gasteiger partial charge is 0.470 e. The summed E-state index contributed by atoms with van der Waals surface area (Å²) >= 11 is 0. The average Bonchev–Trinajstić information content (AvgIpc) is 2.50. The van der Waals surface area contributed by atoms with E-state index in [1.165, 1.54) is 12.3 Å². The monoisotopic (exact) mass is 342 g/mol. The predicted molar refractivity (Wildman–Crippen MR) is 77.2 cm³/mol. The quantitative estimate of drug-likeness (QED) is 0.847. The number of carbonyl (C=O) groups excluding carboxylic acids is 2. The summed E-state index contributed by atoms with van der Waals surface area (Å²) in [5, 5.41) is 0. The molecule has 130 valence electrons. The lowest BCUT2D eigenvalue weighted by atomic mass is 9.86. The van der Waals surface area contributed by atoms with Crippen LogP contribution in [0.25, 0.3) is 0 Å². The Morgan fingerprint density at radius 3 is 2.54 bits per heavy atom. The molecule has 0 aromatic carbocycles. The van der Waals surface area contributed by atoms with Crippen molar-refractivity contribution in [3.05, 3.63) is 23.9 Å². The third-order valence-electron chi connectivity index (χ3n) is 4.41. The van der Waals surface area contributed by atoms with E-state index < -0.39 is 23.7 Å². The minimum atomic E-state index is -4.53. The number of aromatic nitrogens is 1. The molecule has 1 aliphatic heterocycles. The molecule has 8 heteroatoms. The van der Waals surface area contributed by atoms with Gasteiger partial charge in [0.1, 0.15) is 17.5 Å². The van der Waals surface area contributed by atoms with E-state index in [4.69, 9.17) is 4.74 Å². The van der Waals surface area contributed by atoms with Crippen LogP contribution in [0.2, 0.25) is 0 Å². The zero-order valence-corrected chi connectivity index (χ0v) is 12.9. The maximum atomic E-state index is 12.9. The number of ketones is 1. The highest BCUT2D eigenvalue weighted by atomic mass is 19.4. The molecule has 5 nitrogen and oxygen atoms in total. The highest BCUT2D eigenvalue weighted by molar-refractivity contribution is 5.85. The number of amides is 1. The fraction of sp³-hybridized carbons (Fsp3) is 0.562. The van der Waals surface area contributed by atoms with Crippen molar-refractivity contribution >= 4 is 11.7 Å². The molecule has 0 unspecified atom stereocenters. The van der Waals surface area contributed by atoms with Crippen molar-refractivity contribution in [2.45, 2.75) is 38.0 Å². The Hall–Kier alpha value is -2.12. The molecule has 0 N–H and O–H groups in total. The van der Waals surface area contributed by atoms with Crippen LogP contribution in [-0.4, -0.2) is 40.8 Å². The maximum Gasteiger partial charge on any atom is 0.421 e. The summed E-state index contributed by atoms with van der Waals surface area (Å²) in [6.45, 7) is 0.494. The van der Waals surface area contributed by atoms with Crippen LogP contribution < -0.4 is 4.74 Å². The van der Waals surface area contributed by atoms with E-state index in [0.29, 0.717) is 25.7 Å². The summed E-state index contributed by atoms with van der Waals surface area (Å²) in [5.41, 5.74) is -0.916. The molecule has 1 saturated heterocycles. The first-order chi connectivity index (χ1) is 11.3. The number of likely N-dealkylation sites (tertiary alicyclic amines) is 1. The molecule has 1 amide bonds. The van der Waals surface area contributed by atoms with E-state index in [-0.39, 0.29) is 30.7 Å². The number of pyridine rings is 1. The van der Waals surface area contributed by atoms with Crippen molar-refractivity contribution < 1.29 is 27.5 Å². The second-order valence-electron chi connectivity index (χ2n) is 6.15. The maximum absolute atomic E-state index is 12.9. The standard InChI is InChI=1S/C16H17F3N2O3/c17-16(18,19)13-2-1-7-20-14(13)24-12-8-21(9-12)15(23)10-3-5-11(22)6-4-10/h1-2,7,10,12H,3-6,8-9H2. The zero-order chi connectivity index (χ0) is 17.3. The summed E-state index contributed by atoms with van der Waals surface area (Å²) in [6.07, 6.45) is -1.82. The Kier molecular flexibility index (Phi) is 4.47. The van der Waals surface area contributed by atoms with Gasteiger partial charge < -0.3 is 9.64 Å². The van der Waals surface area contributed by atoms with E-state index in [2.05, 4.69) is 4.98 Å². The highest BCUT2D eigenvalue weighted by Crippen LogP contribution is 2.35. The number of rotatable bonds is 3. The lowest BCUT2D eigenvalue weighted by molar-refractivity contribution is -0.149. The van der Waals surface area contributed by atoms with E-state index in [0.717, 1.165) is 6.07 Å². The van der Waals surface area contributed by atoms with Crippen molar-refractivity contribution in [2.75, 3.05) is 13.1 Å². The van der Waals surface area contributed by atoms with Crippen molar-refractivity contribution in [2.24, 2.45) is 5.92 Å². The highest BCUT2D eigenvalue weighted by Gasteiger charge is 2.40. The Labute approximate surface area is 136 Å².